The number of carbonyl (C=O) groups is 1. The van der Waals surface area contributed by atoms with Crippen molar-refractivity contribution in [2.24, 2.45) is 0 Å². The zero-order valence-corrected chi connectivity index (χ0v) is 8.28. The summed E-state index contributed by atoms with van der Waals surface area (Å²) in [5, 5.41) is 0. The van der Waals surface area contributed by atoms with Crippen LogP contribution in [-0.2, 0) is 4.74 Å². The highest BCUT2D eigenvalue weighted by Gasteiger charge is 2.14. The third-order valence-electron chi connectivity index (χ3n) is 2.47. The number of aldehydes is 1. The molecule has 1 aromatic rings. The van der Waals surface area contributed by atoms with E-state index >= 15 is 0 Å². The van der Waals surface area contributed by atoms with Crippen LogP contribution < -0.4 is 4.90 Å². The summed E-state index contributed by atoms with van der Waals surface area (Å²) in [5.41, 5.74) is 1.19. The van der Waals surface area contributed by atoms with Gasteiger partial charge in [0.15, 0.2) is 6.29 Å². The molecule has 3 nitrogen and oxygen atoms in total. The van der Waals surface area contributed by atoms with Crippen LogP contribution in [-0.4, -0.2) is 32.6 Å². The van der Waals surface area contributed by atoms with E-state index in [1.165, 1.54) is 18.2 Å². The van der Waals surface area contributed by atoms with Gasteiger partial charge in [-0.3, -0.25) is 4.79 Å². The molecule has 0 saturated carbocycles. The lowest BCUT2D eigenvalue weighted by molar-refractivity contribution is 0.111. The molecule has 2 rings (SSSR count). The van der Waals surface area contributed by atoms with Crippen molar-refractivity contribution < 1.29 is 13.9 Å². The van der Waals surface area contributed by atoms with E-state index in [9.17, 15) is 9.18 Å². The van der Waals surface area contributed by atoms with Gasteiger partial charge in [0.25, 0.3) is 0 Å². The fourth-order valence-electron chi connectivity index (χ4n) is 1.69. The molecule has 15 heavy (non-hydrogen) atoms. The van der Waals surface area contributed by atoms with Crippen LogP contribution in [0.25, 0.3) is 0 Å². The van der Waals surface area contributed by atoms with Crippen LogP contribution in [0.3, 0.4) is 0 Å². The van der Waals surface area contributed by atoms with Crippen molar-refractivity contribution in [3.8, 4) is 0 Å². The second-order valence-corrected chi connectivity index (χ2v) is 3.42. The molecule has 0 bridgehead atoms. The first kappa shape index (κ1) is 10.1. The van der Waals surface area contributed by atoms with E-state index in [0.29, 0.717) is 37.6 Å². The molecule has 1 aromatic carbocycles. The Morgan fingerprint density at radius 2 is 2.07 bits per heavy atom. The van der Waals surface area contributed by atoms with Crippen molar-refractivity contribution in [1.29, 1.82) is 0 Å². The topological polar surface area (TPSA) is 29.5 Å². The van der Waals surface area contributed by atoms with Crippen LogP contribution >= 0.6 is 0 Å². The molecule has 0 atom stereocenters. The molecule has 0 amide bonds. The Kier molecular flexibility index (Phi) is 2.97. The SMILES string of the molecule is O=Cc1ccc(F)cc1N1CCOCC1. The van der Waals surface area contributed by atoms with Crippen LogP contribution in [0, 0.1) is 5.82 Å². The van der Waals surface area contributed by atoms with Gasteiger partial charge in [0, 0.05) is 18.7 Å². The van der Waals surface area contributed by atoms with Gasteiger partial charge in [-0.05, 0) is 18.2 Å². The van der Waals surface area contributed by atoms with Crippen LogP contribution in [0.1, 0.15) is 10.4 Å². The van der Waals surface area contributed by atoms with Gasteiger partial charge in [-0.15, -0.1) is 0 Å². The minimum Gasteiger partial charge on any atom is -0.378 e. The summed E-state index contributed by atoms with van der Waals surface area (Å²) in [6.45, 7) is 2.64. The third-order valence-corrected chi connectivity index (χ3v) is 2.47. The van der Waals surface area contributed by atoms with Crippen LogP contribution in [0.5, 0.6) is 0 Å². The van der Waals surface area contributed by atoms with Crippen molar-refractivity contribution in [3.05, 3.63) is 29.6 Å². The van der Waals surface area contributed by atoms with E-state index in [2.05, 4.69) is 0 Å². The zero-order chi connectivity index (χ0) is 10.7. The van der Waals surface area contributed by atoms with Gasteiger partial charge in [-0.2, -0.15) is 0 Å². The number of benzene rings is 1. The van der Waals surface area contributed by atoms with Gasteiger partial charge >= 0.3 is 0 Å². The molecule has 1 saturated heterocycles. The van der Waals surface area contributed by atoms with E-state index < -0.39 is 0 Å². The maximum Gasteiger partial charge on any atom is 0.152 e. The van der Waals surface area contributed by atoms with E-state index in [-0.39, 0.29) is 5.82 Å². The summed E-state index contributed by atoms with van der Waals surface area (Å²) in [4.78, 5) is 12.8. The van der Waals surface area contributed by atoms with Crippen molar-refractivity contribution in [2.45, 2.75) is 0 Å². The van der Waals surface area contributed by atoms with Gasteiger partial charge in [-0.25, -0.2) is 4.39 Å². The van der Waals surface area contributed by atoms with Gasteiger partial charge in [0.1, 0.15) is 5.82 Å². The molecule has 1 fully saturated rings. The zero-order valence-electron chi connectivity index (χ0n) is 8.28. The van der Waals surface area contributed by atoms with Crippen molar-refractivity contribution in [3.63, 3.8) is 0 Å². The fourth-order valence-corrected chi connectivity index (χ4v) is 1.69. The number of morpholine rings is 1. The Morgan fingerprint density at radius 3 is 2.73 bits per heavy atom. The molecule has 1 aliphatic rings. The van der Waals surface area contributed by atoms with Gasteiger partial charge < -0.3 is 9.64 Å². The van der Waals surface area contributed by atoms with Gasteiger partial charge in [0.2, 0.25) is 0 Å². The Morgan fingerprint density at radius 1 is 1.33 bits per heavy atom. The maximum atomic E-state index is 13.1. The van der Waals surface area contributed by atoms with E-state index in [0.717, 1.165) is 6.29 Å². The van der Waals surface area contributed by atoms with Gasteiger partial charge in [0.05, 0.1) is 18.9 Å². The molecular weight excluding hydrogens is 197 g/mol. The van der Waals surface area contributed by atoms with Crippen molar-refractivity contribution >= 4 is 12.0 Å². The maximum absolute atomic E-state index is 13.1. The summed E-state index contributed by atoms with van der Waals surface area (Å²) in [7, 11) is 0. The highest BCUT2D eigenvalue weighted by atomic mass is 19.1. The normalized spacial score (nSPS) is 16.5. The molecule has 1 heterocycles. The Balaban J connectivity index is 2.31. The molecule has 0 unspecified atom stereocenters. The number of halogens is 1. The summed E-state index contributed by atoms with van der Waals surface area (Å²) >= 11 is 0. The van der Waals surface area contributed by atoms with Crippen molar-refractivity contribution in [2.75, 3.05) is 31.2 Å². The predicted molar refractivity (Wildman–Crippen MR) is 54.8 cm³/mol. The third kappa shape index (κ3) is 2.15. The number of ether oxygens (including phenoxy) is 1. The Hall–Kier alpha value is -1.42. The van der Waals surface area contributed by atoms with E-state index in [1.807, 2.05) is 4.90 Å². The molecule has 0 aliphatic carbocycles. The lowest BCUT2D eigenvalue weighted by atomic mass is 10.1. The van der Waals surface area contributed by atoms with Crippen LogP contribution in [0.2, 0.25) is 0 Å². The molecule has 80 valence electrons. The highest BCUT2D eigenvalue weighted by molar-refractivity contribution is 5.84. The number of rotatable bonds is 2. The number of hydrogen-bond acceptors (Lipinski definition) is 3. The summed E-state index contributed by atoms with van der Waals surface area (Å²) in [5.74, 6) is -0.318. The number of nitrogens with zero attached hydrogens (tertiary/aromatic N) is 1. The van der Waals surface area contributed by atoms with Crippen molar-refractivity contribution in [1.82, 2.24) is 0 Å². The number of anilines is 1. The number of carbonyl (C=O) groups excluding carboxylic acids is 1. The highest BCUT2D eigenvalue weighted by Crippen LogP contribution is 2.21. The average Bonchev–Trinajstić information content (AvgIpc) is 2.30. The standard InChI is InChI=1S/C11H12FNO2/c12-10-2-1-9(8-14)11(7-10)13-3-5-15-6-4-13/h1-2,7-8H,3-6H2. The molecule has 0 N–H and O–H groups in total. The molecule has 1 aliphatic heterocycles. The first-order chi connectivity index (χ1) is 7.31. The molecular formula is C11H12FNO2. The second kappa shape index (κ2) is 4.40. The van der Waals surface area contributed by atoms with E-state index in [4.69, 9.17) is 4.74 Å². The fraction of sp³-hybridized carbons (Fsp3) is 0.364. The minimum atomic E-state index is -0.318. The molecule has 0 spiro atoms. The lowest BCUT2D eigenvalue weighted by Gasteiger charge is -2.29. The predicted octanol–water partition coefficient (Wildman–Crippen LogP) is 1.47. The smallest absolute Gasteiger partial charge is 0.152 e. The largest absolute Gasteiger partial charge is 0.378 e. The quantitative estimate of drug-likeness (QED) is 0.691. The molecule has 0 radical (unpaired) electrons. The lowest BCUT2D eigenvalue weighted by Crippen LogP contribution is -2.36. The average molecular weight is 209 g/mol. The monoisotopic (exact) mass is 209 g/mol. The second-order valence-electron chi connectivity index (χ2n) is 3.42. The first-order valence-electron chi connectivity index (χ1n) is 4.88. The molecule has 4 heteroatoms. The minimum absolute atomic E-state index is 0.318. The van der Waals surface area contributed by atoms with Crippen LogP contribution in [0.15, 0.2) is 18.2 Å². The van der Waals surface area contributed by atoms with Crippen LogP contribution in [0.4, 0.5) is 10.1 Å². The first-order valence-corrected chi connectivity index (χ1v) is 4.88. The summed E-state index contributed by atoms with van der Waals surface area (Å²) in [6.07, 6.45) is 0.754. The molecule has 0 aromatic heterocycles. The Labute approximate surface area is 87.5 Å². The summed E-state index contributed by atoms with van der Waals surface area (Å²) in [6, 6.07) is 4.20. The van der Waals surface area contributed by atoms with E-state index in [1.54, 1.807) is 0 Å². The van der Waals surface area contributed by atoms with Gasteiger partial charge in [-0.1, -0.05) is 0 Å². The summed E-state index contributed by atoms with van der Waals surface area (Å²) < 4.78 is 18.3. The number of hydrogen-bond donors (Lipinski definition) is 0. The Bertz CT molecular complexity index is 362.